The maximum Gasteiger partial charge on any atom is 0.416 e. The van der Waals surface area contributed by atoms with Gasteiger partial charge in [-0.15, -0.1) is 0 Å². The highest BCUT2D eigenvalue weighted by molar-refractivity contribution is 5.94. The zero-order chi connectivity index (χ0) is 15.5. The molecule has 1 amide bonds. The first kappa shape index (κ1) is 15.1. The minimum Gasteiger partial charge on any atom is -0.348 e. The van der Waals surface area contributed by atoms with Crippen LogP contribution >= 0.6 is 0 Å². The molecule has 2 rings (SSSR count). The van der Waals surface area contributed by atoms with Crippen LogP contribution in [0, 0.1) is 0 Å². The fraction of sp³-hybridized carbons (Fsp3) is 0.286. The van der Waals surface area contributed by atoms with Crippen molar-refractivity contribution < 1.29 is 18.0 Å². The summed E-state index contributed by atoms with van der Waals surface area (Å²) in [5, 5.41) is 2.66. The minimum absolute atomic E-state index is 0.0118. The Labute approximate surface area is 119 Å². The number of imidazole rings is 1. The van der Waals surface area contributed by atoms with Gasteiger partial charge in [0.15, 0.2) is 0 Å². The van der Waals surface area contributed by atoms with Gasteiger partial charge in [-0.3, -0.25) is 4.79 Å². The molecule has 0 aliphatic heterocycles. The molecule has 1 aromatic carbocycles. The fourth-order valence-corrected chi connectivity index (χ4v) is 1.90. The molecule has 7 heteroatoms. The largest absolute Gasteiger partial charge is 0.416 e. The van der Waals surface area contributed by atoms with Crippen LogP contribution in [-0.2, 0) is 12.7 Å². The molecule has 0 unspecified atom stereocenters. The number of benzene rings is 1. The van der Waals surface area contributed by atoms with E-state index in [2.05, 4.69) is 10.3 Å². The summed E-state index contributed by atoms with van der Waals surface area (Å²) < 4.78 is 39.6. The van der Waals surface area contributed by atoms with Gasteiger partial charge in [0.1, 0.15) is 0 Å². The summed E-state index contributed by atoms with van der Waals surface area (Å²) in [5.41, 5.74) is -0.847. The van der Waals surface area contributed by atoms with Crippen molar-refractivity contribution in [3.63, 3.8) is 0 Å². The van der Waals surface area contributed by atoms with Crippen molar-refractivity contribution in [2.45, 2.75) is 25.7 Å². The lowest BCUT2D eigenvalue weighted by molar-refractivity contribution is -0.137. The van der Waals surface area contributed by atoms with Crippen molar-refractivity contribution >= 4 is 5.91 Å². The van der Waals surface area contributed by atoms with Crippen LogP contribution in [0.1, 0.15) is 22.8 Å². The maximum absolute atomic E-state index is 12.6. The van der Waals surface area contributed by atoms with Gasteiger partial charge < -0.3 is 9.88 Å². The molecule has 1 N–H and O–H groups in total. The zero-order valence-electron chi connectivity index (χ0n) is 11.3. The highest BCUT2D eigenvalue weighted by Gasteiger charge is 2.30. The zero-order valence-corrected chi connectivity index (χ0v) is 11.3. The summed E-state index contributed by atoms with van der Waals surface area (Å²) in [4.78, 5) is 15.8. The maximum atomic E-state index is 12.6. The topological polar surface area (TPSA) is 46.9 Å². The Morgan fingerprint density at radius 3 is 2.81 bits per heavy atom. The number of nitrogens with one attached hydrogen (secondary N) is 1. The monoisotopic (exact) mass is 297 g/mol. The van der Waals surface area contributed by atoms with Crippen molar-refractivity contribution in [1.29, 1.82) is 0 Å². The van der Waals surface area contributed by atoms with Crippen LogP contribution in [0.25, 0.3) is 0 Å². The van der Waals surface area contributed by atoms with Gasteiger partial charge in [-0.2, -0.15) is 13.2 Å². The third-order valence-electron chi connectivity index (χ3n) is 2.87. The van der Waals surface area contributed by atoms with Crippen molar-refractivity contribution in [3.8, 4) is 0 Å². The quantitative estimate of drug-likeness (QED) is 0.943. The van der Waals surface area contributed by atoms with Crippen LogP contribution in [0.4, 0.5) is 13.2 Å². The second kappa shape index (κ2) is 5.99. The van der Waals surface area contributed by atoms with Gasteiger partial charge in [0, 0.05) is 30.5 Å². The van der Waals surface area contributed by atoms with E-state index in [0.29, 0.717) is 6.54 Å². The Morgan fingerprint density at radius 2 is 2.19 bits per heavy atom. The number of halogens is 3. The lowest BCUT2D eigenvalue weighted by Crippen LogP contribution is -2.35. The number of carbonyl (C=O) groups excluding carboxylic acids is 1. The van der Waals surface area contributed by atoms with Crippen LogP contribution in [-0.4, -0.2) is 21.5 Å². The molecule has 0 aliphatic rings. The predicted molar refractivity (Wildman–Crippen MR) is 70.6 cm³/mol. The average Bonchev–Trinajstić information content (AvgIpc) is 2.90. The number of nitrogens with zero attached hydrogens (tertiary/aromatic N) is 2. The van der Waals surface area contributed by atoms with Crippen molar-refractivity contribution in [2.24, 2.45) is 0 Å². The van der Waals surface area contributed by atoms with E-state index in [0.717, 1.165) is 12.1 Å². The SMILES string of the molecule is C[C@H](Cn1ccnc1)NC(=O)c1cccc(C(F)(F)F)c1. The molecule has 1 heterocycles. The molecule has 0 saturated carbocycles. The number of amides is 1. The molecular weight excluding hydrogens is 283 g/mol. The first-order valence-corrected chi connectivity index (χ1v) is 6.30. The standard InChI is InChI=1S/C14H14F3N3O/c1-10(8-20-6-5-18-9-20)19-13(21)11-3-2-4-12(7-11)14(15,16)17/h2-7,9-10H,8H2,1H3,(H,19,21)/t10-/m1/s1. The molecule has 112 valence electrons. The first-order valence-electron chi connectivity index (χ1n) is 6.30. The summed E-state index contributed by atoms with van der Waals surface area (Å²) in [6.07, 6.45) is 0.500. The van der Waals surface area contributed by atoms with E-state index in [9.17, 15) is 18.0 Å². The number of hydrogen-bond acceptors (Lipinski definition) is 2. The molecular formula is C14H14F3N3O. The molecule has 0 spiro atoms. The Kier molecular flexibility index (Phi) is 4.30. The van der Waals surface area contributed by atoms with Crippen LogP contribution in [0.3, 0.4) is 0 Å². The van der Waals surface area contributed by atoms with Gasteiger partial charge in [0.2, 0.25) is 0 Å². The van der Waals surface area contributed by atoms with Crippen molar-refractivity contribution in [1.82, 2.24) is 14.9 Å². The number of alkyl halides is 3. The van der Waals surface area contributed by atoms with Crippen LogP contribution in [0.15, 0.2) is 43.0 Å². The molecule has 0 aliphatic carbocycles. The van der Waals surface area contributed by atoms with Gasteiger partial charge in [0.25, 0.3) is 5.91 Å². The normalized spacial score (nSPS) is 13.0. The average molecular weight is 297 g/mol. The third kappa shape index (κ3) is 4.08. The highest BCUT2D eigenvalue weighted by Crippen LogP contribution is 2.29. The molecule has 2 aromatic rings. The third-order valence-corrected chi connectivity index (χ3v) is 2.87. The summed E-state index contributed by atoms with van der Waals surface area (Å²) in [6.45, 7) is 2.26. The molecule has 1 aromatic heterocycles. The molecule has 1 atom stereocenters. The van der Waals surface area contributed by atoms with Crippen molar-refractivity contribution in [2.75, 3.05) is 0 Å². The molecule has 0 fully saturated rings. The summed E-state index contributed by atoms with van der Waals surface area (Å²) >= 11 is 0. The van der Waals surface area contributed by atoms with E-state index in [1.165, 1.54) is 12.1 Å². The van der Waals surface area contributed by atoms with E-state index in [1.807, 2.05) is 0 Å². The van der Waals surface area contributed by atoms with E-state index in [4.69, 9.17) is 0 Å². The second-order valence-corrected chi connectivity index (χ2v) is 4.71. The number of carbonyl (C=O) groups is 1. The number of rotatable bonds is 4. The first-order chi connectivity index (χ1) is 9.86. The van der Waals surface area contributed by atoms with Gasteiger partial charge in [-0.05, 0) is 25.1 Å². The predicted octanol–water partition coefficient (Wildman–Crippen LogP) is 2.72. The highest BCUT2D eigenvalue weighted by atomic mass is 19.4. The molecule has 4 nitrogen and oxygen atoms in total. The van der Waals surface area contributed by atoms with E-state index in [1.54, 1.807) is 30.2 Å². The molecule has 0 radical (unpaired) electrons. The number of aromatic nitrogens is 2. The fourth-order valence-electron chi connectivity index (χ4n) is 1.90. The van der Waals surface area contributed by atoms with Gasteiger partial charge in [-0.1, -0.05) is 6.07 Å². The second-order valence-electron chi connectivity index (χ2n) is 4.71. The lowest BCUT2D eigenvalue weighted by atomic mass is 10.1. The lowest BCUT2D eigenvalue weighted by Gasteiger charge is -2.15. The van der Waals surface area contributed by atoms with E-state index < -0.39 is 17.6 Å². The molecule has 0 saturated heterocycles. The minimum atomic E-state index is -4.46. The molecule has 0 bridgehead atoms. The summed E-state index contributed by atoms with van der Waals surface area (Å²) in [7, 11) is 0. The van der Waals surface area contributed by atoms with Gasteiger partial charge in [0.05, 0.1) is 11.9 Å². The van der Waals surface area contributed by atoms with E-state index in [-0.39, 0.29) is 11.6 Å². The Balaban J connectivity index is 2.03. The van der Waals surface area contributed by atoms with Crippen molar-refractivity contribution in [3.05, 3.63) is 54.1 Å². The van der Waals surface area contributed by atoms with Crippen LogP contribution in [0.2, 0.25) is 0 Å². The van der Waals surface area contributed by atoms with Gasteiger partial charge >= 0.3 is 6.18 Å². The van der Waals surface area contributed by atoms with Crippen LogP contribution in [0.5, 0.6) is 0 Å². The summed E-state index contributed by atoms with van der Waals surface area (Å²) in [5.74, 6) is -0.534. The van der Waals surface area contributed by atoms with Crippen LogP contribution < -0.4 is 5.32 Å². The molecule has 21 heavy (non-hydrogen) atoms. The Bertz CT molecular complexity index is 608. The summed E-state index contributed by atoms with van der Waals surface area (Å²) in [6, 6.07) is 4.12. The Hall–Kier alpha value is -2.31. The van der Waals surface area contributed by atoms with E-state index >= 15 is 0 Å². The van der Waals surface area contributed by atoms with Gasteiger partial charge in [-0.25, -0.2) is 4.98 Å². The number of hydrogen-bond donors (Lipinski definition) is 1. The smallest absolute Gasteiger partial charge is 0.348 e. The Morgan fingerprint density at radius 1 is 1.43 bits per heavy atom.